The summed E-state index contributed by atoms with van der Waals surface area (Å²) in [6.45, 7) is 4.55. The lowest BCUT2D eigenvalue weighted by Crippen LogP contribution is -2.36. The summed E-state index contributed by atoms with van der Waals surface area (Å²) in [5.41, 5.74) is 3.61. The van der Waals surface area contributed by atoms with Gasteiger partial charge in [0, 0.05) is 23.6 Å². The van der Waals surface area contributed by atoms with E-state index in [-0.39, 0.29) is 18.5 Å². The maximum atomic E-state index is 13.2. The highest BCUT2D eigenvalue weighted by molar-refractivity contribution is 6.30. The topological polar surface area (TPSA) is 75.1 Å². The van der Waals surface area contributed by atoms with Crippen LogP contribution in [-0.2, 0) is 11.3 Å². The van der Waals surface area contributed by atoms with Gasteiger partial charge in [-0.25, -0.2) is 5.01 Å². The van der Waals surface area contributed by atoms with E-state index in [0.29, 0.717) is 23.7 Å². The van der Waals surface area contributed by atoms with Crippen molar-refractivity contribution in [3.63, 3.8) is 0 Å². The van der Waals surface area contributed by atoms with E-state index in [1.807, 2.05) is 62.2 Å². The van der Waals surface area contributed by atoms with Crippen LogP contribution in [0.4, 0.5) is 0 Å². The molecule has 0 radical (unpaired) electrons. The van der Waals surface area contributed by atoms with Crippen molar-refractivity contribution in [3.05, 3.63) is 76.0 Å². The summed E-state index contributed by atoms with van der Waals surface area (Å²) in [5.74, 6) is 1.38. The lowest BCUT2D eigenvalue weighted by atomic mass is 10.0. The number of hydrogen-bond acceptors (Lipinski definition) is 6. The second-order valence-corrected chi connectivity index (χ2v) is 7.94. The average Bonchev–Trinajstić information content (AvgIpc) is 3.45. The molecule has 1 aliphatic heterocycles. The molecule has 7 nitrogen and oxygen atoms in total. The molecule has 3 heterocycles. The van der Waals surface area contributed by atoms with E-state index in [4.69, 9.17) is 20.5 Å². The van der Waals surface area contributed by atoms with Crippen molar-refractivity contribution in [1.82, 2.24) is 15.1 Å². The summed E-state index contributed by atoms with van der Waals surface area (Å²) in [7, 11) is 1.89. The summed E-state index contributed by atoms with van der Waals surface area (Å²) in [6, 6.07) is 10.9. The molecule has 1 atom stereocenters. The van der Waals surface area contributed by atoms with E-state index in [9.17, 15) is 4.79 Å². The normalized spacial score (nSPS) is 16.4. The average molecular weight is 427 g/mol. The van der Waals surface area contributed by atoms with Crippen molar-refractivity contribution in [1.29, 1.82) is 0 Å². The molecule has 0 saturated heterocycles. The Balaban J connectivity index is 1.53. The van der Waals surface area contributed by atoms with Crippen molar-refractivity contribution in [2.75, 3.05) is 13.6 Å². The molecule has 1 aromatic carbocycles. The molecule has 0 aliphatic carbocycles. The fourth-order valence-corrected chi connectivity index (χ4v) is 3.74. The third-order valence-corrected chi connectivity index (χ3v) is 5.48. The van der Waals surface area contributed by atoms with Gasteiger partial charge in [-0.3, -0.25) is 9.69 Å². The molecule has 4 rings (SSSR count). The third kappa shape index (κ3) is 4.17. The molecule has 1 amide bonds. The quantitative estimate of drug-likeness (QED) is 0.585. The molecular formula is C22H23ClN4O3. The zero-order valence-electron chi connectivity index (χ0n) is 17.1. The number of rotatable bonds is 6. The van der Waals surface area contributed by atoms with Crippen molar-refractivity contribution in [2.24, 2.45) is 5.10 Å². The first kappa shape index (κ1) is 20.4. The Kier molecular flexibility index (Phi) is 5.74. The van der Waals surface area contributed by atoms with E-state index in [1.54, 1.807) is 6.26 Å². The van der Waals surface area contributed by atoms with Crippen molar-refractivity contribution >= 4 is 23.2 Å². The Morgan fingerprint density at radius 3 is 2.67 bits per heavy atom. The van der Waals surface area contributed by atoms with Gasteiger partial charge in [-0.2, -0.15) is 5.10 Å². The lowest BCUT2D eigenvalue weighted by molar-refractivity contribution is -0.134. The predicted molar refractivity (Wildman–Crippen MR) is 113 cm³/mol. The summed E-state index contributed by atoms with van der Waals surface area (Å²) < 4.78 is 10.8. The fraction of sp³-hybridized carbons (Fsp3) is 0.318. The van der Waals surface area contributed by atoms with Crippen LogP contribution in [0.5, 0.6) is 0 Å². The number of hydrogen-bond donors (Lipinski definition) is 0. The predicted octanol–water partition coefficient (Wildman–Crippen LogP) is 4.35. The molecular weight excluding hydrogens is 404 g/mol. The van der Waals surface area contributed by atoms with Gasteiger partial charge in [0.1, 0.15) is 17.6 Å². The zero-order chi connectivity index (χ0) is 21.3. The summed E-state index contributed by atoms with van der Waals surface area (Å²) >= 11 is 6.01. The van der Waals surface area contributed by atoms with Gasteiger partial charge >= 0.3 is 0 Å². The van der Waals surface area contributed by atoms with Crippen molar-refractivity contribution in [3.8, 4) is 0 Å². The van der Waals surface area contributed by atoms with Gasteiger partial charge in [0.15, 0.2) is 0 Å². The van der Waals surface area contributed by atoms with Gasteiger partial charge in [-0.1, -0.05) is 28.9 Å². The zero-order valence-corrected chi connectivity index (χ0v) is 17.9. The van der Waals surface area contributed by atoms with E-state index in [1.165, 1.54) is 5.01 Å². The minimum atomic E-state index is -0.273. The molecule has 0 saturated carbocycles. The monoisotopic (exact) mass is 426 g/mol. The number of hydrazone groups is 1. The SMILES string of the molecule is Cc1noc(C)c1CN(C)CC(=O)N1N=C(c2ccc(Cl)cc2)CC1c1ccco1. The molecule has 2 aromatic heterocycles. The van der Waals surface area contributed by atoms with Gasteiger partial charge in [0.05, 0.1) is 24.2 Å². The summed E-state index contributed by atoms with van der Waals surface area (Å²) in [6.07, 6.45) is 2.19. The minimum Gasteiger partial charge on any atom is -0.467 e. The van der Waals surface area contributed by atoms with E-state index in [2.05, 4.69) is 10.3 Å². The molecule has 1 unspecified atom stereocenters. The van der Waals surface area contributed by atoms with Crippen LogP contribution < -0.4 is 0 Å². The number of carbonyl (C=O) groups excluding carboxylic acids is 1. The number of furan rings is 1. The third-order valence-electron chi connectivity index (χ3n) is 5.23. The smallest absolute Gasteiger partial charge is 0.257 e. The molecule has 156 valence electrons. The first-order valence-corrected chi connectivity index (χ1v) is 10.1. The van der Waals surface area contributed by atoms with Gasteiger partial charge in [0.2, 0.25) is 0 Å². The maximum absolute atomic E-state index is 13.2. The number of likely N-dealkylation sites (N-methyl/N-ethyl adjacent to an activating group) is 1. The van der Waals surface area contributed by atoms with Crippen LogP contribution in [0.3, 0.4) is 0 Å². The van der Waals surface area contributed by atoms with Crippen LogP contribution in [0.25, 0.3) is 0 Å². The highest BCUT2D eigenvalue weighted by Crippen LogP contribution is 2.33. The van der Waals surface area contributed by atoms with Crippen molar-refractivity contribution < 1.29 is 13.7 Å². The molecule has 30 heavy (non-hydrogen) atoms. The van der Waals surface area contributed by atoms with Crippen LogP contribution >= 0.6 is 11.6 Å². The number of aromatic nitrogens is 1. The Morgan fingerprint density at radius 2 is 2.03 bits per heavy atom. The highest BCUT2D eigenvalue weighted by Gasteiger charge is 2.35. The number of benzene rings is 1. The standard InChI is InChI=1S/C22H23ClN4O3/c1-14-18(15(2)30-25-14)12-26(3)13-22(28)27-20(21-5-4-10-29-21)11-19(24-27)16-6-8-17(23)9-7-16/h4-10,20H,11-13H2,1-3H3. The Hall–Kier alpha value is -2.90. The lowest BCUT2D eigenvalue weighted by Gasteiger charge is -2.23. The largest absolute Gasteiger partial charge is 0.467 e. The van der Waals surface area contributed by atoms with E-state index < -0.39 is 0 Å². The number of carbonyl (C=O) groups is 1. The fourth-order valence-electron chi connectivity index (χ4n) is 3.62. The Morgan fingerprint density at radius 1 is 1.27 bits per heavy atom. The van der Waals surface area contributed by atoms with Gasteiger partial charge < -0.3 is 8.94 Å². The molecule has 0 spiro atoms. The molecule has 0 N–H and O–H groups in total. The highest BCUT2D eigenvalue weighted by atomic mass is 35.5. The molecule has 3 aromatic rings. The molecule has 8 heteroatoms. The Bertz CT molecular complexity index is 1040. The van der Waals surface area contributed by atoms with Crippen LogP contribution in [0, 0.1) is 13.8 Å². The number of aryl methyl sites for hydroxylation is 2. The first-order chi connectivity index (χ1) is 14.4. The number of nitrogens with zero attached hydrogens (tertiary/aromatic N) is 4. The Labute approximate surface area is 179 Å². The van der Waals surface area contributed by atoms with Gasteiger partial charge in [-0.05, 0) is 50.7 Å². The summed E-state index contributed by atoms with van der Waals surface area (Å²) in [5, 5.41) is 10.8. The molecule has 0 fully saturated rings. The van der Waals surface area contributed by atoms with E-state index >= 15 is 0 Å². The van der Waals surface area contributed by atoms with Crippen LogP contribution in [0.15, 0.2) is 56.7 Å². The van der Waals surface area contributed by atoms with Gasteiger partial charge in [0.25, 0.3) is 5.91 Å². The van der Waals surface area contributed by atoms with Crippen molar-refractivity contribution in [2.45, 2.75) is 32.9 Å². The van der Waals surface area contributed by atoms with E-state index in [0.717, 1.165) is 28.3 Å². The maximum Gasteiger partial charge on any atom is 0.257 e. The molecule has 1 aliphatic rings. The van der Waals surface area contributed by atoms with Crippen LogP contribution in [0.1, 0.15) is 40.8 Å². The summed E-state index contributed by atoms with van der Waals surface area (Å²) in [4.78, 5) is 15.1. The minimum absolute atomic E-state index is 0.102. The first-order valence-electron chi connectivity index (χ1n) is 9.71. The van der Waals surface area contributed by atoms with Crippen LogP contribution in [-0.4, -0.2) is 40.3 Å². The number of halogens is 1. The van der Waals surface area contributed by atoms with Gasteiger partial charge in [-0.15, -0.1) is 0 Å². The van der Waals surface area contributed by atoms with Crippen LogP contribution in [0.2, 0.25) is 5.02 Å². The molecule has 0 bridgehead atoms. The number of amides is 1. The second kappa shape index (κ2) is 8.45. The second-order valence-electron chi connectivity index (χ2n) is 7.50.